The number of carbonyl (C=O) groups excluding carboxylic acids is 1. The van der Waals surface area contributed by atoms with Crippen molar-refractivity contribution in [1.82, 2.24) is 0 Å². The van der Waals surface area contributed by atoms with Crippen LogP contribution in [0.1, 0.15) is 110 Å². The van der Waals surface area contributed by atoms with Crippen LogP contribution in [0.2, 0.25) is 0 Å². The lowest BCUT2D eigenvalue weighted by atomic mass is 9.99. The zero-order chi connectivity index (χ0) is 22.9. The highest BCUT2D eigenvalue weighted by atomic mass is 16.6. The van der Waals surface area contributed by atoms with Crippen molar-refractivity contribution in [3.63, 3.8) is 0 Å². The Labute approximate surface area is 188 Å². The van der Waals surface area contributed by atoms with E-state index in [1.807, 2.05) is 0 Å². The summed E-state index contributed by atoms with van der Waals surface area (Å²) >= 11 is 0. The van der Waals surface area contributed by atoms with E-state index in [0.717, 1.165) is 19.3 Å². The van der Waals surface area contributed by atoms with E-state index >= 15 is 0 Å². The van der Waals surface area contributed by atoms with Gasteiger partial charge in [0.05, 0.1) is 0 Å². The Morgan fingerprint density at radius 3 is 1.61 bits per heavy atom. The molecule has 0 amide bonds. The quantitative estimate of drug-likeness (QED) is 0.188. The largest absolute Gasteiger partial charge is 0.463 e. The molecule has 0 radical (unpaired) electrons. The summed E-state index contributed by atoms with van der Waals surface area (Å²) in [4.78, 5) is 11.8. The number of aliphatic hydroxyl groups excluding tert-OH is 4. The van der Waals surface area contributed by atoms with Gasteiger partial charge >= 0.3 is 5.97 Å². The molecule has 1 aliphatic rings. The summed E-state index contributed by atoms with van der Waals surface area (Å²) in [6.07, 6.45) is 12.0. The van der Waals surface area contributed by atoms with E-state index in [1.54, 1.807) is 0 Å². The molecular formula is C24H46O7. The van der Waals surface area contributed by atoms with Gasteiger partial charge in [0.25, 0.3) is 0 Å². The van der Waals surface area contributed by atoms with Gasteiger partial charge in [0, 0.05) is 6.42 Å². The summed E-state index contributed by atoms with van der Waals surface area (Å²) in [5.74, 6) is -0.388. The van der Waals surface area contributed by atoms with Crippen molar-refractivity contribution in [2.24, 2.45) is 0 Å². The predicted molar refractivity (Wildman–Crippen MR) is 119 cm³/mol. The maximum absolute atomic E-state index is 11.8. The Kier molecular flexibility index (Phi) is 16.2. The van der Waals surface area contributed by atoms with Gasteiger partial charge in [-0.2, -0.15) is 0 Å². The number of ether oxygens (including phenoxy) is 2. The van der Waals surface area contributed by atoms with Gasteiger partial charge in [0.15, 0.2) is 6.29 Å². The van der Waals surface area contributed by atoms with Crippen molar-refractivity contribution < 1.29 is 34.7 Å². The molecule has 1 heterocycles. The van der Waals surface area contributed by atoms with Gasteiger partial charge in [-0.05, 0) is 6.42 Å². The average Bonchev–Trinajstić information content (AvgIpc) is 2.76. The zero-order valence-electron chi connectivity index (χ0n) is 19.4. The van der Waals surface area contributed by atoms with Crippen molar-refractivity contribution in [2.45, 2.75) is 140 Å². The smallest absolute Gasteiger partial charge is 0.305 e. The van der Waals surface area contributed by atoms with Crippen LogP contribution in [0.5, 0.6) is 0 Å². The number of carbonyl (C=O) groups is 1. The molecule has 0 aromatic rings. The summed E-state index contributed by atoms with van der Waals surface area (Å²) in [6.45, 7) is 1.99. The van der Waals surface area contributed by atoms with Gasteiger partial charge in [-0.3, -0.25) is 4.79 Å². The van der Waals surface area contributed by atoms with Crippen LogP contribution in [0.3, 0.4) is 0 Å². The first-order chi connectivity index (χ1) is 15.0. The SMILES string of the molecule is CCCCCCCCCCCCCCCCCC(=O)OC[C@H]1O[C@H](O)[C@H](O)[C@@H](O)[C@@H]1O. The van der Waals surface area contributed by atoms with Gasteiger partial charge in [0.1, 0.15) is 31.0 Å². The molecule has 0 aliphatic carbocycles. The molecule has 0 aromatic carbocycles. The topological polar surface area (TPSA) is 116 Å². The third-order valence-electron chi connectivity index (χ3n) is 6.08. The highest BCUT2D eigenvalue weighted by Gasteiger charge is 2.43. The van der Waals surface area contributed by atoms with Gasteiger partial charge in [-0.25, -0.2) is 0 Å². The Bertz CT molecular complexity index is 446. The summed E-state index contributed by atoms with van der Waals surface area (Å²) in [5, 5.41) is 38.3. The lowest BCUT2D eigenvalue weighted by molar-refractivity contribution is -0.287. The first-order valence-corrected chi connectivity index (χ1v) is 12.5. The molecular weight excluding hydrogens is 400 g/mol. The standard InChI is InChI=1S/C24H46O7/c1-2-3-4-5-6-7-8-9-10-11-12-13-14-15-16-17-20(25)30-18-19-21(26)22(27)23(28)24(29)31-19/h19,21-24,26-29H,2-18H2,1H3/t19-,21-,22+,23-,24+/m1/s1. The third kappa shape index (κ3) is 12.8. The van der Waals surface area contributed by atoms with Crippen LogP contribution < -0.4 is 0 Å². The monoisotopic (exact) mass is 446 g/mol. The lowest BCUT2D eigenvalue weighted by Crippen LogP contribution is -2.58. The minimum atomic E-state index is -1.61. The summed E-state index contributed by atoms with van der Waals surface area (Å²) in [7, 11) is 0. The molecule has 184 valence electrons. The third-order valence-corrected chi connectivity index (χ3v) is 6.08. The fraction of sp³-hybridized carbons (Fsp3) is 0.958. The number of unbranched alkanes of at least 4 members (excludes halogenated alkanes) is 14. The number of hydrogen-bond donors (Lipinski definition) is 4. The lowest BCUT2D eigenvalue weighted by Gasteiger charge is -2.37. The Balaban J connectivity index is 1.89. The second kappa shape index (κ2) is 17.8. The predicted octanol–water partition coefficient (Wildman–Crippen LogP) is 3.59. The van der Waals surface area contributed by atoms with E-state index < -0.39 is 30.7 Å². The van der Waals surface area contributed by atoms with E-state index in [4.69, 9.17) is 9.47 Å². The van der Waals surface area contributed by atoms with Gasteiger partial charge in [-0.15, -0.1) is 0 Å². The highest BCUT2D eigenvalue weighted by Crippen LogP contribution is 2.20. The van der Waals surface area contributed by atoms with E-state index in [0.29, 0.717) is 6.42 Å². The Morgan fingerprint density at radius 2 is 1.13 bits per heavy atom. The minimum Gasteiger partial charge on any atom is -0.463 e. The molecule has 0 aromatic heterocycles. The first kappa shape index (κ1) is 28.3. The number of hydrogen-bond acceptors (Lipinski definition) is 7. The zero-order valence-corrected chi connectivity index (χ0v) is 19.4. The molecule has 4 N–H and O–H groups in total. The second-order valence-corrected chi connectivity index (χ2v) is 8.92. The van der Waals surface area contributed by atoms with Gasteiger partial charge in [0.2, 0.25) is 0 Å². The Hall–Kier alpha value is -0.730. The van der Waals surface area contributed by atoms with E-state index in [-0.39, 0.29) is 12.6 Å². The molecule has 1 rings (SSSR count). The fourth-order valence-corrected chi connectivity index (χ4v) is 3.96. The maximum atomic E-state index is 11.8. The van der Waals surface area contributed by atoms with Crippen LogP contribution in [-0.4, -0.2) is 63.7 Å². The summed E-state index contributed by atoms with van der Waals surface area (Å²) in [6, 6.07) is 0. The van der Waals surface area contributed by atoms with Crippen LogP contribution in [0.4, 0.5) is 0 Å². The van der Waals surface area contributed by atoms with Crippen molar-refractivity contribution >= 4 is 5.97 Å². The van der Waals surface area contributed by atoms with Crippen LogP contribution in [-0.2, 0) is 14.3 Å². The number of aliphatic hydroxyl groups is 4. The van der Waals surface area contributed by atoms with E-state index in [2.05, 4.69) is 6.92 Å². The average molecular weight is 447 g/mol. The fourth-order valence-electron chi connectivity index (χ4n) is 3.96. The maximum Gasteiger partial charge on any atom is 0.305 e. The van der Waals surface area contributed by atoms with Crippen molar-refractivity contribution in [1.29, 1.82) is 0 Å². The highest BCUT2D eigenvalue weighted by molar-refractivity contribution is 5.69. The molecule has 0 unspecified atom stereocenters. The normalized spacial score (nSPS) is 26.2. The Morgan fingerprint density at radius 1 is 0.677 bits per heavy atom. The molecule has 31 heavy (non-hydrogen) atoms. The molecule has 5 atom stereocenters. The van der Waals surface area contributed by atoms with Gasteiger partial charge in [-0.1, -0.05) is 96.8 Å². The molecule has 7 nitrogen and oxygen atoms in total. The molecule has 0 saturated carbocycles. The molecule has 7 heteroatoms. The first-order valence-electron chi connectivity index (χ1n) is 12.5. The van der Waals surface area contributed by atoms with Crippen LogP contribution in [0, 0.1) is 0 Å². The molecule has 1 fully saturated rings. The second-order valence-electron chi connectivity index (χ2n) is 8.92. The number of esters is 1. The molecule has 0 bridgehead atoms. The van der Waals surface area contributed by atoms with E-state index in [1.165, 1.54) is 77.0 Å². The van der Waals surface area contributed by atoms with Crippen molar-refractivity contribution in [2.75, 3.05) is 6.61 Å². The van der Waals surface area contributed by atoms with Crippen LogP contribution >= 0.6 is 0 Å². The van der Waals surface area contributed by atoms with E-state index in [9.17, 15) is 25.2 Å². The van der Waals surface area contributed by atoms with Crippen LogP contribution in [0.25, 0.3) is 0 Å². The van der Waals surface area contributed by atoms with Crippen molar-refractivity contribution in [3.05, 3.63) is 0 Å². The summed E-state index contributed by atoms with van der Waals surface area (Å²) < 4.78 is 10.1. The van der Waals surface area contributed by atoms with Crippen LogP contribution in [0.15, 0.2) is 0 Å². The molecule has 1 saturated heterocycles. The molecule has 1 aliphatic heterocycles. The van der Waals surface area contributed by atoms with Crippen molar-refractivity contribution in [3.8, 4) is 0 Å². The number of rotatable bonds is 18. The molecule has 0 spiro atoms. The van der Waals surface area contributed by atoms with Gasteiger partial charge < -0.3 is 29.9 Å². The summed E-state index contributed by atoms with van der Waals surface area (Å²) in [5.41, 5.74) is 0. The minimum absolute atomic E-state index is 0.264.